The third kappa shape index (κ3) is 4.28. The Bertz CT molecular complexity index is 2160. The second-order valence-corrected chi connectivity index (χ2v) is 13.6. The van der Waals surface area contributed by atoms with Gasteiger partial charge in [0.1, 0.15) is 6.17 Å². The highest BCUT2D eigenvalue weighted by atomic mass is 15.4. The first kappa shape index (κ1) is 27.4. The molecule has 1 aliphatic heterocycles. The van der Waals surface area contributed by atoms with Crippen LogP contribution in [0.2, 0.25) is 0 Å². The molecule has 3 aliphatic carbocycles. The molecule has 46 heavy (non-hydrogen) atoms. The van der Waals surface area contributed by atoms with Gasteiger partial charge in [-0.05, 0) is 64.4 Å². The molecule has 9 rings (SSSR count). The number of aliphatic imine (C=N–C) groups is 1. The van der Waals surface area contributed by atoms with Crippen LogP contribution >= 0.6 is 0 Å². The molecule has 2 heterocycles. The van der Waals surface area contributed by atoms with E-state index in [1.807, 2.05) is 0 Å². The molecular formula is C42H38N4. The van der Waals surface area contributed by atoms with Gasteiger partial charge in [-0.3, -0.25) is 9.88 Å². The molecule has 4 aliphatic rings. The van der Waals surface area contributed by atoms with Crippen molar-refractivity contribution in [1.82, 2.24) is 15.2 Å². The standard InChI is InChI=1S/C42H38N4/c1-42(2)35-21-13-12-20-31(35)33-26-38-34(25-36(33)42)32-23-22-30(27-14-6-3-7-15-27)24-37(32)46(38)41-44-39(28-16-8-4-9-17-28)43-40(45-41)29-18-10-5-11-19-29/h3-16,18,20-26,28-29,39-40,43H,17,19H2,1-2H3,(H,44,45). The number of allylic oxidation sites excluding steroid dienone is 6. The molecule has 0 radical (unpaired) electrons. The van der Waals surface area contributed by atoms with Crippen LogP contribution in [0.4, 0.5) is 0 Å². The molecule has 1 aromatic heterocycles. The number of hydrogen-bond acceptors (Lipinski definition) is 3. The number of aromatic nitrogens is 1. The average molecular weight is 599 g/mol. The maximum atomic E-state index is 5.49. The highest BCUT2D eigenvalue weighted by Crippen LogP contribution is 2.50. The molecule has 4 heteroatoms. The van der Waals surface area contributed by atoms with Gasteiger partial charge in [-0.25, -0.2) is 4.99 Å². The molecule has 0 amide bonds. The topological polar surface area (TPSA) is 41.4 Å². The predicted octanol–water partition coefficient (Wildman–Crippen LogP) is 9.08. The average Bonchev–Trinajstić information content (AvgIpc) is 3.56. The van der Waals surface area contributed by atoms with Gasteiger partial charge in [0, 0.05) is 28.0 Å². The number of nitrogens with zero attached hydrogens (tertiary/aromatic N) is 2. The van der Waals surface area contributed by atoms with Gasteiger partial charge in [0.15, 0.2) is 0 Å². The van der Waals surface area contributed by atoms with Crippen LogP contribution in [0.25, 0.3) is 44.1 Å². The number of hydrogen-bond donors (Lipinski definition) is 2. The Balaban J connectivity index is 1.30. The number of rotatable bonds is 3. The van der Waals surface area contributed by atoms with Gasteiger partial charge in [-0.2, -0.15) is 0 Å². The van der Waals surface area contributed by atoms with Gasteiger partial charge in [0.2, 0.25) is 5.96 Å². The molecule has 4 unspecified atom stereocenters. The minimum atomic E-state index is -0.0685. The van der Waals surface area contributed by atoms with Gasteiger partial charge in [0.25, 0.3) is 0 Å². The van der Waals surface area contributed by atoms with E-state index in [2.05, 4.69) is 163 Å². The maximum Gasteiger partial charge on any atom is 0.206 e. The van der Waals surface area contributed by atoms with Crippen molar-refractivity contribution in [2.24, 2.45) is 16.8 Å². The predicted molar refractivity (Wildman–Crippen MR) is 192 cm³/mol. The van der Waals surface area contributed by atoms with E-state index in [9.17, 15) is 0 Å². The lowest BCUT2D eigenvalue weighted by atomic mass is 9.82. The zero-order valence-corrected chi connectivity index (χ0v) is 26.3. The van der Waals surface area contributed by atoms with Crippen molar-refractivity contribution in [3.05, 3.63) is 145 Å². The SMILES string of the molecule is CC1(C)c2ccccc2-c2cc3c(cc21)c1ccc(-c2ccccc2)cc1n3C1=NC(C2C=CC=CC2)NC(C2C=CC=CC2)N1. The van der Waals surface area contributed by atoms with Gasteiger partial charge >= 0.3 is 0 Å². The third-order valence-electron chi connectivity index (χ3n) is 10.5. The molecule has 4 atom stereocenters. The van der Waals surface area contributed by atoms with Crippen LogP contribution in [0.5, 0.6) is 0 Å². The lowest BCUT2D eigenvalue weighted by Gasteiger charge is -2.38. The molecule has 5 aromatic rings. The molecular weight excluding hydrogens is 560 g/mol. The van der Waals surface area contributed by atoms with E-state index >= 15 is 0 Å². The molecule has 226 valence electrons. The number of nitrogens with one attached hydrogen (secondary N) is 2. The van der Waals surface area contributed by atoms with E-state index < -0.39 is 0 Å². The van der Waals surface area contributed by atoms with Gasteiger partial charge in [0.05, 0.1) is 17.2 Å². The molecule has 4 aromatic carbocycles. The minimum absolute atomic E-state index is 0.0411. The zero-order chi connectivity index (χ0) is 30.8. The number of benzene rings is 4. The van der Waals surface area contributed by atoms with Crippen molar-refractivity contribution in [2.75, 3.05) is 0 Å². The monoisotopic (exact) mass is 598 g/mol. The fourth-order valence-corrected chi connectivity index (χ4v) is 8.07. The highest BCUT2D eigenvalue weighted by Gasteiger charge is 2.37. The second-order valence-electron chi connectivity index (χ2n) is 13.6. The van der Waals surface area contributed by atoms with E-state index in [1.54, 1.807) is 0 Å². The summed E-state index contributed by atoms with van der Waals surface area (Å²) in [5.41, 5.74) is 10.2. The molecule has 4 nitrogen and oxygen atoms in total. The van der Waals surface area contributed by atoms with Crippen LogP contribution in [-0.2, 0) is 5.41 Å². The summed E-state index contributed by atoms with van der Waals surface area (Å²) < 4.78 is 2.41. The summed E-state index contributed by atoms with van der Waals surface area (Å²) in [5.74, 6) is 1.53. The smallest absolute Gasteiger partial charge is 0.206 e. The van der Waals surface area contributed by atoms with E-state index in [0.29, 0.717) is 5.92 Å². The third-order valence-corrected chi connectivity index (χ3v) is 10.5. The summed E-state index contributed by atoms with van der Waals surface area (Å²) in [5, 5.41) is 10.3. The molecule has 0 saturated carbocycles. The maximum absolute atomic E-state index is 5.49. The summed E-state index contributed by atoms with van der Waals surface area (Å²) in [4.78, 5) is 5.49. The fourth-order valence-electron chi connectivity index (χ4n) is 8.07. The fraction of sp³-hybridized carbons (Fsp3) is 0.214. The van der Waals surface area contributed by atoms with E-state index in [4.69, 9.17) is 4.99 Å². The Morgan fingerprint density at radius 1 is 0.674 bits per heavy atom. The quantitative estimate of drug-likeness (QED) is 0.218. The molecule has 0 saturated heterocycles. The second kappa shape index (κ2) is 10.6. The lowest BCUT2D eigenvalue weighted by Crippen LogP contribution is -2.60. The van der Waals surface area contributed by atoms with Crippen molar-refractivity contribution < 1.29 is 0 Å². The van der Waals surface area contributed by atoms with E-state index in [-0.39, 0.29) is 23.7 Å². The summed E-state index contributed by atoms with van der Waals surface area (Å²) in [6, 6.07) is 31.5. The van der Waals surface area contributed by atoms with Crippen LogP contribution in [0.3, 0.4) is 0 Å². The van der Waals surface area contributed by atoms with E-state index in [0.717, 1.165) is 18.8 Å². The number of fused-ring (bicyclic) bond motifs is 6. The molecule has 0 spiro atoms. The van der Waals surface area contributed by atoms with E-state index in [1.165, 1.54) is 55.2 Å². The van der Waals surface area contributed by atoms with Crippen LogP contribution in [0.1, 0.15) is 37.8 Å². The summed E-state index contributed by atoms with van der Waals surface area (Å²) in [7, 11) is 0. The zero-order valence-electron chi connectivity index (χ0n) is 26.3. The lowest BCUT2D eigenvalue weighted by molar-refractivity contribution is 0.285. The normalized spacial score (nSPS) is 24.2. The largest absolute Gasteiger partial charge is 0.340 e. The molecule has 0 bridgehead atoms. The first-order valence-electron chi connectivity index (χ1n) is 16.6. The summed E-state index contributed by atoms with van der Waals surface area (Å²) in [6.07, 6.45) is 19.8. The van der Waals surface area contributed by atoms with Crippen LogP contribution < -0.4 is 10.6 Å². The molecule has 0 fully saturated rings. The van der Waals surface area contributed by atoms with Gasteiger partial charge < -0.3 is 5.32 Å². The van der Waals surface area contributed by atoms with Gasteiger partial charge in [-0.15, -0.1) is 0 Å². The first-order chi connectivity index (χ1) is 22.6. The van der Waals surface area contributed by atoms with Crippen molar-refractivity contribution in [2.45, 2.75) is 44.4 Å². The Kier molecular flexibility index (Phi) is 6.29. The minimum Gasteiger partial charge on any atom is -0.340 e. The Morgan fingerprint density at radius 3 is 2.20 bits per heavy atom. The Hall–Kier alpha value is -4.93. The van der Waals surface area contributed by atoms with Crippen LogP contribution in [0, 0.1) is 11.8 Å². The van der Waals surface area contributed by atoms with Crippen molar-refractivity contribution in [3.63, 3.8) is 0 Å². The summed E-state index contributed by atoms with van der Waals surface area (Å²) in [6.45, 7) is 4.73. The highest BCUT2D eigenvalue weighted by molar-refractivity contribution is 6.16. The summed E-state index contributed by atoms with van der Waals surface area (Å²) >= 11 is 0. The van der Waals surface area contributed by atoms with Crippen LogP contribution in [0.15, 0.2) is 139 Å². The Labute approximate surface area is 270 Å². The van der Waals surface area contributed by atoms with Crippen molar-refractivity contribution in [3.8, 4) is 22.3 Å². The van der Waals surface area contributed by atoms with Gasteiger partial charge in [-0.1, -0.05) is 129 Å². The van der Waals surface area contributed by atoms with Crippen molar-refractivity contribution >= 4 is 27.8 Å². The Morgan fingerprint density at radius 2 is 1.41 bits per heavy atom. The first-order valence-corrected chi connectivity index (χ1v) is 16.6. The van der Waals surface area contributed by atoms with Crippen molar-refractivity contribution in [1.29, 1.82) is 0 Å². The molecule has 2 N–H and O–H groups in total. The van der Waals surface area contributed by atoms with Crippen LogP contribution in [-0.4, -0.2) is 22.9 Å².